The van der Waals surface area contributed by atoms with E-state index in [2.05, 4.69) is 28.5 Å². The van der Waals surface area contributed by atoms with E-state index in [0.717, 1.165) is 51.1 Å². The highest BCUT2D eigenvalue weighted by Crippen LogP contribution is 2.25. The Morgan fingerprint density at radius 2 is 1.96 bits per heavy atom. The molecule has 3 rings (SSSR count). The molecule has 0 aromatic rings. The third-order valence-electron chi connectivity index (χ3n) is 6.07. The second kappa shape index (κ2) is 13.0. The predicted molar refractivity (Wildman–Crippen MR) is 124 cm³/mol. The number of piperidine rings is 1. The molecule has 5 nitrogen and oxygen atoms in total. The van der Waals surface area contributed by atoms with Crippen LogP contribution in [0.3, 0.4) is 0 Å². The summed E-state index contributed by atoms with van der Waals surface area (Å²) in [7, 11) is 0. The summed E-state index contributed by atoms with van der Waals surface area (Å²) in [5.74, 6) is 0.997. The van der Waals surface area contributed by atoms with Crippen LogP contribution < -0.4 is 10.6 Å². The second-order valence-electron chi connectivity index (χ2n) is 7.94. The van der Waals surface area contributed by atoms with Crippen molar-refractivity contribution >= 4 is 29.9 Å². The maximum absolute atomic E-state index is 5.38. The summed E-state index contributed by atoms with van der Waals surface area (Å²) in [6.07, 6.45) is 14.0. The number of rotatable bonds is 6. The largest absolute Gasteiger partial charge is 0.377 e. The molecule has 1 saturated carbocycles. The Bertz CT molecular complexity index is 469. The van der Waals surface area contributed by atoms with Crippen LogP contribution in [0.2, 0.25) is 0 Å². The van der Waals surface area contributed by atoms with Crippen LogP contribution in [0.4, 0.5) is 0 Å². The lowest BCUT2D eigenvalue weighted by Crippen LogP contribution is -2.51. The van der Waals surface area contributed by atoms with E-state index in [9.17, 15) is 0 Å². The van der Waals surface area contributed by atoms with Gasteiger partial charge in [-0.25, -0.2) is 0 Å². The zero-order chi connectivity index (χ0) is 18.0. The van der Waals surface area contributed by atoms with Gasteiger partial charge < -0.3 is 20.3 Å². The van der Waals surface area contributed by atoms with Crippen molar-refractivity contribution in [2.45, 2.75) is 76.8 Å². The standard InChI is InChI=1S/C21H38N4O.HI/c1-2-22-21(23-13-8-18-11-16-26-17-12-18)24-19-9-14-25(15-10-19)20-6-4-3-5-7-20;/h11,19-20H,2-10,12-17H2,1H3,(H2,22,23,24);1H. The molecule has 0 aromatic carbocycles. The molecule has 27 heavy (non-hydrogen) atoms. The first-order chi connectivity index (χ1) is 12.8. The minimum Gasteiger partial charge on any atom is -0.377 e. The van der Waals surface area contributed by atoms with Crippen LogP contribution in [0, 0.1) is 0 Å². The lowest BCUT2D eigenvalue weighted by Gasteiger charge is -2.39. The minimum atomic E-state index is 0. The number of guanidine groups is 1. The Hall–Kier alpha value is -0.340. The first-order valence-electron chi connectivity index (χ1n) is 10.9. The first kappa shape index (κ1) is 22.9. The van der Waals surface area contributed by atoms with Crippen LogP contribution in [0.5, 0.6) is 0 Å². The number of nitrogens with one attached hydrogen (secondary N) is 2. The van der Waals surface area contributed by atoms with Crippen LogP contribution >= 0.6 is 24.0 Å². The number of likely N-dealkylation sites (tertiary alicyclic amines) is 1. The van der Waals surface area contributed by atoms with Crippen LogP contribution in [-0.2, 0) is 4.74 Å². The normalized spacial score (nSPS) is 23.4. The lowest BCUT2D eigenvalue weighted by atomic mass is 9.92. The fraction of sp³-hybridized carbons (Fsp3) is 0.857. The number of hydrogen-bond acceptors (Lipinski definition) is 3. The van der Waals surface area contributed by atoms with Gasteiger partial charge in [0.1, 0.15) is 0 Å². The molecule has 156 valence electrons. The van der Waals surface area contributed by atoms with Gasteiger partial charge in [-0.15, -0.1) is 24.0 Å². The molecule has 0 unspecified atom stereocenters. The highest BCUT2D eigenvalue weighted by atomic mass is 127. The Balaban J connectivity index is 0.00000261. The molecule has 1 saturated heterocycles. The van der Waals surface area contributed by atoms with Gasteiger partial charge in [0.15, 0.2) is 5.96 Å². The Morgan fingerprint density at radius 1 is 1.19 bits per heavy atom. The molecular formula is C21H39IN4O. The molecule has 2 N–H and O–H groups in total. The number of hydrogen-bond donors (Lipinski definition) is 2. The van der Waals surface area contributed by atoms with E-state index in [-0.39, 0.29) is 24.0 Å². The molecule has 6 heteroatoms. The fourth-order valence-electron chi connectivity index (χ4n) is 4.47. The summed E-state index contributed by atoms with van der Waals surface area (Å²) in [5, 5.41) is 7.11. The van der Waals surface area contributed by atoms with Crippen molar-refractivity contribution in [2.75, 3.05) is 39.4 Å². The fourth-order valence-corrected chi connectivity index (χ4v) is 4.47. The summed E-state index contributed by atoms with van der Waals surface area (Å²) in [5.41, 5.74) is 1.50. The van der Waals surface area contributed by atoms with Crippen LogP contribution in [0.15, 0.2) is 16.6 Å². The van der Waals surface area contributed by atoms with Crippen molar-refractivity contribution in [1.29, 1.82) is 0 Å². The van der Waals surface area contributed by atoms with Gasteiger partial charge in [0, 0.05) is 38.3 Å². The molecule has 0 spiro atoms. The van der Waals surface area contributed by atoms with E-state index >= 15 is 0 Å². The van der Waals surface area contributed by atoms with Crippen LogP contribution in [0.1, 0.15) is 64.7 Å². The van der Waals surface area contributed by atoms with Gasteiger partial charge in [0.25, 0.3) is 0 Å². The Labute approximate surface area is 182 Å². The SMILES string of the molecule is CCNC(=NCCC1=CCOCC1)NC1CCN(C2CCCCC2)CC1.I. The van der Waals surface area contributed by atoms with Gasteiger partial charge in [-0.2, -0.15) is 0 Å². The van der Waals surface area contributed by atoms with Crippen molar-refractivity contribution in [2.24, 2.45) is 4.99 Å². The minimum absolute atomic E-state index is 0. The van der Waals surface area contributed by atoms with E-state index in [1.807, 2.05) is 0 Å². The number of aliphatic imine (C=N–C) groups is 1. The molecule has 1 aliphatic carbocycles. The molecular weight excluding hydrogens is 451 g/mol. The zero-order valence-corrected chi connectivity index (χ0v) is 19.4. The first-order valence-corrected chi connectivity index (χ1v) is 10.9. The third-order valence-corrected chi connectivity index (χ3v) is 6.07. The molecule has 0 radical (unpaired) electrons. The van der Waals surface area contributed by atoms with Gasteiger partial charge >= 0.3 is 0 Å². The molecule has 0 amide bonds. The third kappa shape index (κ3) is 7.89. The van der Waals surface area contributed by atoms with Gasteiger partial charge in [-0.05, 0) is 45.4 Å². The topological polar surface area (TPSA) is 48.9 Å². The average molecular weight is 490 g/mol. The smallest absolute Gasteiger partial charge is 0.191 e. The molecule has 0 atom stereocenters. The lowest BCUT2D eigenvalue weighted by molar-refractivity contribution is 0.119. The highest BCUT2D eigenvalue weighted by Gasteiger charge is 2.26. The van der Waals surface area contributed by atoms with Gasteiger partial charge in [-0.3, -0.25) is 4.99 Å². The number of nitrogens with zero attached hydrogens (tertiary/aromatic N) is 2. The van der Waals surface area contributed by atoms with E-state index < -0.39 is 0 Å². The van der Waals surface area contributed by atoms with Crippen LogP contribution in [-0.4, -0.2) is 62.3 Å². The van der Waals surface area contributed by atoms with Crippen molar-refractivity contribution in [3.8, 4) is 0 Å². The van der Waals surface area contributed by atoms with E-state index in [1.54, 1.807) is 0 Å². The molecule has 2 fully saturated rings. The number of halogens is 1. The number of ether oxygens (including phenoxy) is 1. The Morgan fingerprint density at radius 3 is 2.63 bits per heavy atom. The zero-order valence-electron chi connectivity index (χ0n) is 17.0. The molecule has 3 aliphatic rings. The predicted octanol–water partition coefficient (Wildman–Crippen LogP) is 3.69. The van der Waals surface area contributed by atoms with Crippen molar-refractivity contribution in [1.82, 2.24) is 15.5 Å². The van der Waals surface area contributed by atoms with E-state index in [4.69, 9.17) is 9.73 Å². The summed E-state index contributed by atoms with van der Waals surface area (Å²) < 4.78 is 5.38. The quantitative estimate of drug-likeness (QED) is 0.258. The summed E-state index contributed by atoms with van der Waals surface area (Å²) in [4.78, 5) is 7.56. The van der Waals surface area contributed by atoms with E-state index in [0.29, 0.717) is 6.04 Å². The molecule has 0 bridgehead atoms. The van der Waals surface area contributed by atoms with Crippen molar-refractivity contribution in [3.63, 3.8) is 0 Å². The molecule has 0 aromatic heterocycles. The Kier molecular flexibility index (Phi) is 11.0. The maximum atomic E-state index is 5.38. The van der Waals surface area contributed by atoms with Gasteiger partial charge in [0.05, 0.1) is 13.2 Å². The van der Waals surface area contributed by atoms with Crippen molar-refractivity contribution in [3.05, 3.63) is 11.6 Å². The summed E-state index contributed by atoms with van der Waals surface area (Å²) in [6.45, 7) is 8.06. The second-order valence-corrected chi connectivity index (χ2v) is 7.94. The van der Waals surface area contributed by atoms with Gasteiger partial charge in [0.2, 0.25) is 0 Å². The summed E-state index contributed by atoms with van der Waals surface area (Å²) in [6, 6.07) is 1.43. The molecule has 2 aliphatic heterocycles. The summed E-state index contributed by atoms with van der Waals surface area (Å²) >= 11 is 0. The van der Waals surface area contributed by atoms with E-state index in [1.165, 1.54) is 63.6 Å². The maximum Gasteiger partial charge on any atom is 0.191 e. The van der Waals surface area contributed by atoms with Crippen LogP contribution in [0.25, 0.3) is 0 Å². The highest BCUT2D eigenvalue weighted by molar-refractivity contribution is 14.0. The molecule has 2 heterocycles. The average Bonchev–Trinajstić information content (AvgIpc) is 2.70. The monoisotopic (exact) mass is 490 g/mol. The van der Waals surface area contributed by atoms with Gasteiger partial charge in [-0.1, -0.05) is 30.9 Å². The van der Waals surface area contributed by atoms with Crippen molar-refractivity contribution < 1.29 is 4.74 Å².